The highest BCUT2D eigenvalue weighted by atomic mass is 16.7. The van der Waals surface area contributed by atoms with E-state index in [0.29, 0.717) is 24.4 Å². The van der Waals surface area contributed by atoms with Crippen LogP contribution in [0.3, 0.4) is 0 Å². The van der Waals surface area contributed by atoms with Crippen molar-refractivity contribution in [3.8, 4) is 5.75 Å². The van der Waals surface area contributed by atoms with Crippen LogP contribution in [0.15, 0.2) is 54.6 Å². The molecule has 1 unspecified atom stereocenters. The number of rotatable bonds is 7. The lowest BCUT2D eigenvalue weighted by atomic mass is 10.0. The number of nitrogens with zero attached hydrogens (tertiary/aromatic N) is 1. The smallest absolute Gasteiger partial charge is 0.343 e. The summed E-state index contributed by atoms with van der Waals surface area (Å²) in [5.74, 6) is -0.837. The molecular formula is C20H23NO4. The predicted octanol–water partition coefficient (Wildman–Crippen LogP) is 3.81. The molecule has 5 nitrogen and oxygen atoms in total. The van der Waals surface area contributed by atoms with Crippen molar-refractivity contribution in [1.29, 1.82) is 0 Å². The van der Waals surface area contributed by atoms with Gasteiger partial charge in [0.15, 0.2) is 0 Å². The Morgan fingerprint density at radius 1 is 1.00 bits per heavy atom. The van der Waals surface area contributed by atoms with Crippen molar-refractivity contribution in [2.75, 3.05) is 13.1 Å². The molecular weight excluding hydrogens is 318 g/mol. The second kappa shape index (κ2) is 8.99. The number of carbonyl (C=O) groups is 2. The maximum atomic E-state index is 12.3. The van der Waals surface area contributed by atoms with E-state index in [1.165, 1.54) is 0 Å². The molecule has 0 aliphatic heterocycles. The summed E-state index contributed by atoms with van der Waals surface area (Å²) in [5, 5.41) is 1.60. The molecule has 0 saturated carbocycles. The first kappa shape index (κ1) is 18.7. The van der Waals surface area contributed by atoms with Gasteiger partial charge in [0.05, 0.1) is 11.5 Å². The third-order valence-electron chi connectivity index (χ3n) is 3.86. The number of hydrogen-bond donors (Lipinski definition) is 0. The fourth-order valence-electron chi connectivity index (χ4n) is 2.28. The fourth-order valence-corrected chi connectivity index (χ4v) is 2.28. The van der Waals surface area contributed by atoms with Crippen LogP contribution in [0, 0.1) is 0 Å². The van der Waals surface area contributed by atoms with Crippen LogP contribution >= 0.6 is 0 Å². The Labute approximate surface area is 148 Å². The zero-order valence-electron chi connectivity index (χ0n) is 14.8. The molecule has 0 aliphatic rings. The first-order valence-corrected chi connectivity index (χ1v) is 8.39. The molecule has 1 atom stereocenters. The van der Waals surface area contributed by atoms with Gasteiger partial charge in [-0.2, -0.15) is 0 Å². The van der Waals surface area contributed by atoms with Gasteiger partial charge in [0.2, 0.25) is 0 Å². The molecule has 2 aromatic rings. The number of esters is 1. The third-order valence-corrected chi connectivity index (χ3v) is 3.86. The number of carbonyl (C=O) groups excluding carboxylic acids is 2. The van der Waals surface area contributed by atoms with Gasteiger partial charge in [-0.3, -0.25) is 0 Å². The van der Waals surface area contributed by atoms with E-state index >= 15 is 0 Å². The van der Waals surface area contributed by atoms with Gasteiger partial charge in [-0.05, 0) is 50.6 Å². The lowest BCUT2D eigenvalue weighted by Gasteiger charge is -2.20. The van der Waals surface area contributed by atoms with Gasteiger partial charge in [-0.25, -0.2) is 9.59 Å². The van der Waals surface area contributed by atoms with Crippen LogP contribution in [0.2, 0.25) is 0 Å². The quantitative estimate of drug-likeness (QED) is 0.435. The Kier molecular flexibility index (Phi) is 6.71. The van der Waals surface area contributed by atoms with Gasteiger partial charge in [0.1, 0.15) is 5.75 Å². The largest absolute Gasteiger partial charge is 0.423 e. The van der Waals surface area contributed by atoms with E-state index in [9.17, 15) is 9.59 Å². The Morgan fingerprint density at radius 3 is 2.32 bits per heavy atom. The summed E-state index contributed by atoms with van der Waals surface area (Å²) in [7, 11) is 0. The van der Waals surface area contributed by atoms with E-state index in [-0.39, 0.29) is 5.97 Å². The van der Waals surface area contributed by atoms with Crippen LogP contribution < -0.4 is 4.74 Å². The second-order valence-corrected chi connectivity index (χ2v) is 5.57. The minimum atomic E-state index is -0.462. The van der Waals surface area contributed by atoms with Crippen LogP contribution in [-0.2, 0) is 9.63 Å². The summed E-state index contributed by atoms with van der Waals surface area (Å²) >= 11 is 0. The maximum absolute atomic E-state index is 12.3. The van der Waals surface area contributed by atoms with Crippen molar-refractivity contribution >= 4 is 11.9 Å². The summed E-state index contributed by atoms with van der Waals surface area (Å²) in [5.41, 5.74) is 1.21. The number of hydrogen-bond acceptors (Lipinski definition) is 5. The molecule has 0 aliphatic carbocycles. The summed E-state index contributed by atoms with van der Waals surface area (Å²) in [6.45, 7) is 6.87. The summed E-state index contributed by atoms with van der Waals surface area (Å²) in [6, 6.07) is 15.7. The highest BCUT2D eigenvalue weighted by Gasteiger charge is 2.20. The molecule has 0 spiro atoms. The second-order valence-electron chi connectivity index (χ2n) is 5.57. The van der Waals surface area contributed by atoms with Gasteiger partial charge in [-0.15, -0.1) is 5.06 Å². The van der Waals surface area contributed by atoms with Crippen molar-refractivity contribution < 1.29 is 19.2 Å². The molecule has 0 bridgehead atoms. The monoisotopic (exact) mass is 341 g/mol. The standard InChI is InChI=1S/C20H23NO4/c1-4-21(5-2)25-19(22)15(3)17-12-9-13-18(14-17)24-20(23)16-10-7-6-8-11-16/h6-15H,4-5H2,1-3H3. The topological polar surface area (TPSA) is 55.8 Å². The maximum Gasteiger partial charge on any atom is 0.343 e. The molecule has 0 fully saturated rings. The zero-order valence-corrected chi connectivity index (χ0v) is 14.8. The van der Waals surface area contributed by atoms with E-state index < -0.39 is 11.9 Å². The molecule has 0 saturated heterocycles. The third kappa shape index (κ3) is 5.16. The lowest BCUT2D eigenvalue weighted by Crippen LogP contribution is -2.29. The lowest BCUT2D eigenvalue weighted by molar-refractivity contribution is -0.190. The summed E-state index contributed by atoms with van der Waals surface area (Å²) in [6.07, 6.45) is 0. The molecule has 2 aromatic carbocycles. The van der Waals surface area contributed by atoms with Gasteiger partial charge in [0.25, 0.3) is 0 Å². The zero-order chi connectivity index (χ0) is 18.2. The minimum Gasteiger partial charge on any atom is -0.423 e. The summed E-state index contributed by atoms with van der Waals surface area (Å²) in [4.78, 5) is 29.7. The molecule has 2 rings (SSSR count). The molecule has 5 heteroatoms. The van der Waals surface area contributed by atoms with E-state index in [0.717, 1.165) is 5.56 Å². The van der Waals surface area contributed by atoms with Crippen molar-refractivity contribution in [3.63, 3.8) is 0 Å². The molecule has 0 amide bonds. The molecule has 0 heterocycles. The van der Waals surface area contributed by atoms with Crippen molar-refractivity contribution in [2.24, 2.45) is 0 Å². The van der Waals surface area contributed by atoms with Gasteiger partial charge in [-0.1, -0.05) is 30.3 Å². The minimum absolute atomic E-state index is 0.338. The Hall–Kier alpha value is -2.66. The molecule has 25 heavy (non-hydrogen) atoms. The number of hydroxylamine groups is 2. The molecule has 0 radical (unpaired) electrons. The van der Waals surface area contributed by atoms with Crippen LogP contribution in [0.1, 0.15) is 42.6 Å². The van der Waals surface area contributed by atoms with Crippen LogP contribution in [0.5, 0.6) is 5.75 Å². The average molecular weight is 341 g/mol. The van der Waals surface area contributed by atoms with Gasteiger partial charge >= 0.3 is 11.9 Å². The number of benzene rings is 2. The summed E-state index contributed by atoms with van der Waals surface area (Å²) < 4.78 is 5.39. The van der Waals surface area contributed by atoms with E-state index in [1.807, 2.05) is 26.0 Å². The van der Waals surface area contributed by atoms with E-state index in [1.54, 1.807) is 54.5 Å². The SMILES string of the molecule is CCN(CC)OC(=O)C(C)c1cccc(OC(=O)c2ccccc2)c1. The Morgan fingerprint density at radius 2 is 1.68 bits per heavy atom. The molecule has 0 N–H and O–H groups in total. The van der Waals surface area contributed by atoms with Crippen LogP contribution in [0.25, 0.3) is 0 Å². The first-order valence-electron chi connectivity index (χ1n) is 8.39. The van der Waals surface area contributed by atoms with E-state index in [2.05, 4.69) is 0 Å². The normalized spacial score (nSPS) is 11.8. The predicted molar refractivity (Wildman–Crippen MR) is 95.3 cm³/mol. The highest BCUT2D eigenvalue weighted by molar-refractivity contribution is 5.91. The fraction of sp³-hybridized carbons (Fsp3) is 0.300. The van der Waals surface area contributed by atoms with Crippen molar-refractivity contribution in [1.82, 2.24) is 5.06 Å². The molecule has 0 aromatic heterocycles. The Bertz CT molecular complexity index is 711. The van der Waals surface area contributed by atoms with Gasteiger partial charge < -0.3 is 9.57 Å². The van der Waals surface area contributed by atoms with Crippen LogP contribution in [0.4, 0.5) is 0 Å². The average Bonchev–Trinajstić information content (AvgIpc) is 2.66. The first-order chi connectivity index (χ1) is 12.0. The Balaban J connectivity index is 2.07. The van der Waals surface area contributed by atoms with Crippen LogP contribution in [-0.4, -0.2) is 30.1 Å². The van der Waals surface area contributed by atoms with Gasteiger partial charge in [0, 0.05) is 13.1 Å². The van der Waals surface area contributed by atoms with Crippen molar-refractivity contribution in [2.45, 2.75) is 26.7 Å². The molecule has 132 valence electrons. The number of ether oxygens (including phenoxy) is 1. The van der Waals surface area contributed by atoms with E-state index in [4.69, 9.17) is 9.57 Å². The highest BCUT2D eigenvalue weighted by Crippen LogP contribution is 2.23. The van der Waals surface area contributed by atoms with Crippen molar-refractivity contribution in [3.05, 3.63) is 65.7 Å².